The molecule has 0 atom stereocenters. The van der Waals surface area contributed by atoms with Crippen molar-refractivity contribution in [2.45, 2.75) is 0 Å². The number of anilines is 2. The topological polar surface area (TPSA) is 112 Å². The first-order valence-electron chi connectivity index (χ1n) is 7.99. The SMILES string of the molecule is COc1cc(NC(=O)c2cc(OC)c(OC)c(OC)c2)ccc1NS(C)(=O)=O. The van der Waals surface area contributed by atoms with Crippen molar-refractivity contribution in [2.75, 3.05) is 44.7 Å². The Bertz CT molecular complexity index is 949. The monoisotopic (exact) mass is 410 g/mol. The molecule has 0 radical (unpaired) electrons. The van der Waals surface area contributed by atoms with Crippen molar-refractivity contribution < 1.29 is 32.2 Å². The van der Waals surface area contributed by atoms with Crippen molar-refractivity contribution in [3.05, 3.63) is 35.9 Å². The fourth-order valence-corrected chi connectivity index (χ4v) is 3.04. The molecule has 0 aliphatic rings. The van der Waals surface area contributed by atoms with E-state index in [0.717, 1.165) is 6.26 Å². The van der Waals surface area contributed by atoms with Crippen molar-refractivity contribution >= 4 is 27.3 Å². The Hall–Kier alpha value is -3.14. The van der Waals surface area contributed by atoms with Crippen molar-refractivity contribution in [2.24, 2.45) is 0 Å². The molecule has 10 heteroatoms. The molecule has 0 spiro atoms. The van der Waals surface area contributed by atoms with E-state index >= 15 is 0 Å². The highest BCUT2D eigenvalue weighted by atomic mass is 32.2. The molecule has 9 nitrogen and oxygen atoms in total. The van der Waals surface area contributed by atoms with Gasteiger partial charge in [-0.1, -0.05) is 0 Å². The van der Waals surface area contributed by atoms with Gasteiger partial charge in [0.2, 0.25) is 15.8 Å². The number of carbonyl (C=O) groups excluding carboxylic acids is 1. The third kappa shape index (κ3) is 4.97. The molecule has 2 N–H and O–H groups in total. The van der Waals surface area contributed by atoms with E-state index in [1.165, 1.54) is 52.7 Å². The quantitative estimate of drug-likeness (QED) is 0.687. The molecule has 0 bridgehead atoms. The summed E-state index contributed by atoms with van der Waals surface area (Å²) in [6.45, 7) is 0. The lowest BCUT2D eigenvalue weighted by molar-refractivity contribution is 0.102. The summed E-state index contributed by atoms with van der Waals surface area (Å²) in [5, 5.41) is 2.71. The molecule has 0 aliphatic carbocycles. The fourth-order valence-electron chi connectivity index (χ4n) is 2.47. The Kier molecular flexibility index (Phi) is 6.57. The van der Waals surface area contributed by atoms with Crippen LogP contribution in [0.3, 0.4) is 0 Å². The van der Waals surface area contributed by atoms with Crippen molar-refractivity contribution in [1.29, 1.82) is 0 Å². The average Bonchev–Trinajstić information content (AvgIpc) is 2.66. The van der Waals surface area contributed by atoms with Gasteiger partial charge in [0.25, 0.3) is 5.91 Å². The highest BCUT2D eigenvalue weighted by Crippen LogP contribution is 2.38. The third-order valence-corrected chi connectivity index (χ3v) is 4.27. The summed E-state index contributed by atoms with van der Waals surface area (Å²) in [5.41, 5.74) is 0.956. The van der Waals surface area contributed by atoms with Crippen LogP contribution < -0.4 is 29.0 Å². The highest BCUT2D eigenvalue weighted by molar-refractivity contribution is 7.92. The summed E-state index contributed by atoms with van der Waals surface area (Å²) >= 11 is 0. The largest absolute Gasteiger partial charge is 0.494 e. The number of ether oxygens (including phenoxy) is 4. The molecule has 0 heterocycles. The number of benzene rings is 2. The number of carbonyl (C=O) groups is 1. The van der Waals surface area contributed by atoms with Crippen LogP contribution in [0.15, 0.2) is 30.3 Å². The van der Waals surface area contributed by atoms with Gasteiger partial charge in [-0.15, -0.1) is 0 Å². The number of hydrogen-bond donors (Lipinski definition) is 2. The standard InChI is InChI=1S/C18H22N2O7S/c1-24-14-10-12(6-7-13(14)20-28(5,22)23)19-18(21)11-8-15(25-2)17(27-4)16(9-11)26-3/h6-10,20H,1-5H3,(H,19,21). The van der Waals surface area contributed by atoms with Gasteiger partial charge in [0.15, 0.2) is 11.5 Å². The van der Waals surface area contributed by atoms with Crippen LogP contribution in [0, 0.1) is 0 Å². The highest BCUT2D eigenvalue weighted by Gasteiger charge is 2.18. The molecule has 28 heavy (non-hydrogen) atoms. The van der Waals surface area contributed by atoms with E-state index in [9.17, 15) is 13.2 Å². The van der Waals surface area contributed by atoms with Crippen LogP contribution in [0.2, 0.25) is 0 Å². The second-order valence-corrected chi connectivity index (χ2v) is 7.41. The molecule has 2 aromatic rings. The number of hydrogen-bond acceptors (Lipinski definition) is 7. The van der Waals surface area contributed by atoms with E-state index in [0.29, 0.717) is 22.9 Å². The van der Waals surface area contributed by atoms with Crippen molar-refractivity contribution in [3.63, 3.8) is 0 Å². The van der Waals surface area contributed by atoms with Gasteiger partial charge in [-0.25, -0.2) is 8.42 Å². The van der Waals surface area contributed by atoms with E-state index < -0.39 is 15.9 Å². The minimum Gasteiger partial charge on any atom is -0.494 e. The predicted molar refractivity (Wildman–Crippen MR) is 106 cm³/mol. The number of sulfonamides is 1. The average molecular weight is 410 g/mol. The zero-order chi connectivity index (χ0) is 20.9. The smallest absolute Gasteiger partial charge is 0.255 e. The van der Waals surface area contributed by atoms with E-state index in [1.54, 1.807) is 6.07 Å². The van der Waals surface area contributed by atoms with Gasteiger partial charge in [0, 0.05) is 17.3 Å². The summed E-state index contributed by atoms with van der Waals surface area (Å²) in [7, 11) is 2.31. The molecule has 0 saturated heterocycles. The first-order valence-corrected chi connectivity index (χ1v) is 9.88. The van der Waals surface area contributed by atoms with Crippen LogP contribution in [-0.4, -0.2) is 49.0 Å². The minimum atomic E-state index is -3.47. The molecule has 0 saturated carbocycles. The van der Waals surface area contributed by atoms with Gasteiger partial charge < -0.3 is 24.3 Å². The van der Waals surface area contributed by atoms with E-state index in [-0.39, 0.29) is 17.0 Å². The molecular weight excluding hydrogens is 388 g/mol. The van der Waals surface area contributed by atoms with Crippen LogP contribution in [0.5, 0.6) is 23.0 Å². The van der Waals surface area contributed by atoms with E-state index in [4.69, 9.17) is 18.9 Å². The maximum Gasteiger partial charge on any atom is 0.255 e. The second kappa shape index (κ2) is 8.70. The van der Waals surface area contributed by atoms with Gasteiger partial charge in [0.1, 0.15) is 5.75 Å². The summed E-state index contributed by atoms with van der Waals surface area (Å²) in [4.78, 5) is 12.6. The first-order chi connectivity index (χ1) is 13.2. The summed E-state index contributed by atoms with van der Waals surface area (Å²) in [5.74, 6) is 0.896. The van der Waals surface area contributed by atoms with E-state index in [1.807, 2.05) is 0 Å². The molecule has 2 aromatic carbocycles. The Balaban J connectivity index is 2.32. The molecule has 152 valence electrons. The van der Waals surface area contributed by atoms with Crippen LogP contribution in [-0.2, 0) is 10.0 Å². The molecule has 2 rings (SSSR count). The molecular formula is C18H22N2O7S. The first kappa shape index (κ1) is 21.2. The zero-order valence-corrected chi connectivity index (χ0v) is 17.0. The number of rotatable bonds is 8. The Morgan fingerprint density at radius 2 is 1.43 bits per heavy atom. The van der Waals surface area contributed by atoms with Gasteiger partial charge in [0.05, 0.1) is 40.4 Å². The van der Waals surface area contributed by atoms with Gasteiger partial charge in [-0.2, -0.15) is 0 Å². The Morgan fingerprint density at radius 1 is 0.857 bits per heavy atom. The maximum atomic E-state index is 12.6. The zero-order valence-electron chi connectivity index (χ0n) is 16.2. The lowest BCUT2D eigenvalue weighted by Gasteiger charge is -2.15. The Labute approximate surface area is 163 Å². The predicted octanol–water partition coefficient (Wildman–Crippen LogP) is 2.34. The van der Waals surface area contributed by atoms with E-state index in [2.05, 4.69) is 10.0 Å². The second-order valence-electron chi connectivity index (χ2n) is 5.66. The van der Waals surface area contributed by atoms with Crippen LogP contribution in [0.1, 0.15) is 10.4 Å². The van der Waals surface area contributed by atoms with Crippen LogP contribution in [0.25, 0.3) is 0 Å². The minimum absolute atomic E-state index is 0.258. The van der Waals surface area contributed by atoms with Crippen LogP contribution >= 0.6 is 0 Å². The van der Waals surface area contributed by atoms with Gasteiger partial charge >= 0.3 is 0 Å². The molecule has 0 aromatic heterocycles. The third-order valence-electron chi connectivity index (χ3n) is 3.68. The summed E-state index contributed by atoms with van der Waals surface area (Å²) < 4.78 is 46.1. The van der Waals surface area contributed by atoms with Crippen molar-refractivity contribution in [3.8, 4) is 23.0 Å². The summed E-state index contributed by atoms with van der Waals surface area (Å²) in [6.07, 6.45) is 1.03. The van der Waals surface area contributed by atoms with Crippen molar-refractivity contribution in [1.82, 2.24) is 0 Å². The lowest BCUT2D eigenvalue weighted by atomic mass is 10.1. The number of amides is 1. The molecule has 0 fully saturated rings. The van der Waals surface area contributed by atoms with Crippen LogP contribution in [0.4, 0.5) is 11.4 Å². The maximum absolute atomic E-state index is 12.6. The normalized spacial score (nSPS) is 10.8. The summed E-state index contributed by atoms with van der Waals surface area (Å²) in [6, 6.07) is 7.58. The number of methoxy groups -OCH3 is 4. The van der Waals surface area contributed by atoms with Gasteiger partial charge in [-0.3, -0.25) is 9.52 Å². The molecule has 0 aliphatic heterocycles. The molecule has 0 unspecified atom stereocenters. The molecule has 1 amide bonds. The Morgan fingerprint density at radius 3 is 1.89 bits per heavy atom. The number of nitrogens with one attached hydrogen (secondary N) is 2. The van der Waals surface area contributed by atoms with Gasteiger partial charge in [-0.05, 0) is 24.3 Å². The fraction of sp³-hybridized carbons (Fsp3) is 0.278. The lowest BCUT2D eigenvalue weighted by Crippen LogP contribution is -2.14.